The van der Waals surface area contributed by atoms with Gasteiger partial charge in [0, 0.05) is 12.2 Å². The Morgan fingerprint density at radius 3 is 2.58 bits per heavy atom. The second kappa shape index (κ2) is 11.7. The number of hydrogen-bond acceptors (Lipinski definition) is 6. The summed E-state index contributed by atoms with van der Waals surface area (Å²) in [5.41, 5.74) is 1.44. The molecule has 0 aromatic carbocycles. The Morgan fingerprint density at radius 1 is 1.05 bits per heavy atom. The molecule has 2 aliphatic heterocycles. The fourth-order valence-corrected chi connectivity index (χ4v) is 12.0. The van der Waals surface area contributed by atoms with Crippen LogP contribution in [-0.2, 0) is 14.4 Å². The summed E-state index contributed by atoms with van der Waals surface area (Å²) in [7, 11) is 0. The van der Waals surface area contributed by atoms with Gasteiger partial charge in [-0.25, -0.2) is 0 Å². The standard InChI is InChI=1S/C34H49N3O5S/c1-5-17-35-30(41)27-19(2)18-43-32-26(31(42)37(27)32)36-24(38)11-8-9-20-12-13-21-25-22(14-16-33(20,21)3)34(4)15-7-6-10-23(34)28(39)29(25)40/h1,20-23,25-26,28-29,32,39-40H,6-18H2,2-4H3,(H,35,41)(H,36,38). The van der Waals surface area contributed by atoms with Gasteiger partial charge in [-0.15, -0.1) is 18.2 Å². The predicted molar refractivity (Wildman–Crippen MR) is 166 cm³/mol. The van der Waals surface area contributed by atoms with Crippen molar-refractivity contribution in [3.8, 4) is 12.3 Å². The van der Waals surface area contributed by atoms with Gasteiger partial charge in [-0.2, -0.15) is 0 Å². The smallest absolute Gasteiger partial charge is 0.268 e. The Kier molecular flexibility index (Phi) is 8.45. The zero-order valence-corrected chi connectivity index (χ0v) is 26.8. The maximum Gasteiger partial charge on any atom is 0.268 e. The lowest BCUT2D eigenvalue weighted by Gasteiger charge is -2.63. The molecule has 4 N–H and O–H groups in total. The van der Waals surface area contributed by atoms with Crippen LogP contribution in [0.2, 0.25) is 0 Å². The average Bonchev–Trinajstić information content (AvgIpc) is 3.32. The van der Waals surface area contributed by atoms with Crippen molar-refractivity contribution in [1.82, 2.24) is 15.5 Å². The molecule has 5 fully saturated rings. The maximum atomic E-state index is 13.0. The lowest BCUT2D eigenvalue weighted by molar-refractivity contribution is -0.214. The first-order valence-electron chi connectivity index (χ1n) is 16.5. The summed E-state index contributed by atoms with van der Waals surface area (Å²) in [6.07, 6.45) is 15.2. The van der Waals surface area contributed by atoms with Crippen LogP contribution in [0, 0.1) is 52.8 Å². The number of terminal acetylenes is 1. The molecule has 43 heavy (non-hydrogen) atoms. The Bertz CT molecular complexity index is 1230. The van der Waals surface area contributed by atoms with Crippen LogP contribution in [0.15, 0.2) is 11.3 Å². The monoisotopic (exact) mass is 611 g/mol. The molecule has 6 rings (SSSR count). The first kappa shape index (κ1) is 31.0. The molecule has 0 aromatic rings. The number of thioether (sulfide) groups is 1. The van der Waals surface area contributed by atoms with E-state index < -0.39 is 18.2 Å². The summed E-state index contributed by atoms with van der Waals surface area (Å²) >= 11 is 1.57. The summed E-state index contributed by atoms with van der Waals surface area (Å²) in [5.74, 6) is 4.08. The summed E-state index contributed by atoms with van der Waals surface area (Å²) in [6.45, 7) is 6.76. The number of fused-ring (bicyclic) bond motifs is 6. The van der Waals surface area contributed by atoms with Gasteiger partial charge in [-0.05, 0) is 104 Å². The fourth-order valence-electron chi connectivity index (χ4n) is 10.7. The number of carbonyl (C=O) groups excluding carboxylic acids is 3. The SMILES string of the molecule is C#CCNC(=O)C1=C(C)CSC2C(NC(=O)CCCC3CCC4C5C(O)C(O)C6CCCCC6(C)C5CCC34C)C(=O)N12. The summed E-state index contributed by atoms with van der Waals surface area (Å²) in [5, 5.41) is 28.1. The number of hydrogen-bond donors (Lipinski definition) is 4. The molecule has 6 aliphatic rings. The van der Waals surface area contributed by atoms with E-state index in [-0.39, 0.29) is 52.3 Å². The Labute approximate surface area is 260 Å². The van der Waals surface area contributed by atoms with E-state index >= 15 is 0 Å². The van der Waals surface area contributed by atoms with E-state index in [0.29, 0.717) is 35.6 Å². The van der Waals surface area contributed by atoms with Crippen molar-refractivity contribution in [1.29, 1.82) is 0 Å². The third kappa shape index (κ3) is 4.95. The van der Waals surface area contributed by atoms with E-state index in [1.54, 1.807) is 11.8 Å². The second-order valence-electron chi connectivity index (χ2n) is 14.8. The number of carbonyl (C=O) groups is 3. The molecule has 0 spiro atoms. The van der Waals surface area contributed by atoms with Gasteiger partial charge < -0.3 is 20.8 Å². The van der Waals surface area contributed by atoms with E-state index in [1.165, 1.54) is 17.7 Å². The Morgan fingerprint density at radius 2 is 1.81 bits per heavy atom. The predicted octanol–water partition coefficient (Wildman–Crippen LogP) is 3.57. The van der Waals surface area contributed by atoms with E-state index in [9.17, 15) is 24.6 Å². The quantitative estimate of drug-likeness (QED) is 0.258. The lowest BCUT2D eigenvalue weighted by atomic mass is 9.43. The van der Waals surface area contributed by atoms with Crippen LogP contribution in [0.3, 0.4) is 0 Å². The van der Waals surface area contributed by atoms with Gasteiger partial charge in [0.2, 0.25) is 5.91 Å². The summed E-state index contributed by atoms with van der Waals surface area (Å²) in [6, 6.07) is -0.617. The van der Waals surface area contributed by atoms with Gasteiger partial charge in [0.1, 0.15) is 17.1 Å². The largest absolute Gasteiger partial charge is 0.390 e. The van der Waals surface area contributed by atoms with Gasteiger partial charge in [-0.3, -0.25) is 19.3 Å². The van der Waals surface area contributed by atoms with Gasteiger partial charge >= 0.3 is 0 Å². The van der Waals surface area contributed by atoms with Crippen molar-refractivity contribution in [3.05, 3.63) is 11.3 Å². The van der Waals surface area contributed by atoms with Crippen LogP contribution in [0.5, 0.6) is 0 Å². The Balaban J connectivity index is 1.03. The third-order valence-corrected chi connectivity index (χ3v) is 14.3. The molecule has 8 nitrogen and oxygen atoms in total. The first-order valence-corrected chi connectivity index (χ1v) is 17.6. The molecule has 3 amide bonds. The molecule has 11 unspecified atom stereocenters. The van der Waals surface area contributed by atoms with Crippen molar-refractivity contribution < 1.29 is 24.6 Å². The van der Waals surface area contributed by atoms with Crippen LogP contribution < -0.4 is 10.6 Å². The highest BCUT2D eigenvalue weighted by Crippen LogP contribution is 2.68. The van der Waals surface area contributed by atoms with Crippen molar-refractivity contribution >= 4 is 29.5 Å². The van der Waals surface area contributed by atoms with Crippen molar-refractivity contribution in [2.24, 2.45) is 40.4 Å². The fraction of sp³-hybridized carbons (Fsp3) is 0.794. The normalized spacial score (nSPS) is 43.4. The molecular weight excluding hydrogens is 562 g/mol. The van der Waals surface area contributed by atoms with E-state index in [0.717, 1.165) is 56.9 Å². The molecule has 0 aromatic heterocycles. The highest BCUT2D eigenvalue weighted by atomic mass is 32.2. The van der Waals surface area contributed by atoms with Crippen molar-refractivity contribution in [3.63, 3.8) is 0 Å². The molecule has 236 valence electrons. The number of β-lactam (4-membered cyclic amide) rings is 1. The molecule has 4 aliphatic carbocycles. The molecule has 0 bridgehead atoms. The minimum absolute atomic E-state index is 0.0972. The number of aliphatic hydroxyl groups is 2. The molecule has 0 radical (unpaired) electrons. The van der Waals surface area contributed by atoms with Crippen LogP contribution in [0.4, 0.5) is 0 Å². The summed E-state index contributed by atoms with van der Waals surface area (Å²) < 4.78 is 0. The van der Waals surface area contributed by atoms with Gasteiger partial charge in [0.05, 0.1) is 18.8 Å². The highest BCUT2D eigenvalue weighted by Gasteiger charge is 2.64. The molecule has 4 saturated carbocycles. The maximum absolute atomic E-state index is 13.0. The molecule has 11 atom stereocenters. The van der Waals surface area contributed by atoms with Gasteiger partial charge in [-0.1, -0.05) is 32.6 Å². The van der Waals surface area contributed by atoms with Crippen LogP contribution in [0.25, 0.3) is 0 Å². The zero-order chi connectivity index (χ0) is 30.7. The summed E-state index contributed by atoms with van der Waals surface area (Å²) in [4.78, 5) is 40.2. The lowest BCUT2D eigenvalue weighted by Crippen LogP contribution is -2.70. The van der Waals surface area contributed by atoms with E-state index in [1.807, 2.05) is 6.92 Å². The second-order valence-corrected chi connectivity index (χ2v) is 15.9. The number of rotatable bonds is 7. The van der Waals surface area contributed by atoms with Crippen LogP contribution in [0.1, 0.15) is 91.4 Å². The number of aliphatic hydroxyl groups excluding tert-OH is 2. The van der Waals surface area contributed by atoms with E-state index in [2.05, 4.69) is 30.4 Å². The molecule has 2 heterocycles. The minimum atomic E-state index is -0.630. The van der Waals surface area contributed by atoms with Gasteiger partial charge in [0.25, 0.3) is 11.8 Å². The van der Waals surface area contributed by atoms with Crippen molar-refractivity contribution in [2.75, 3.05) is 12.3 Å². The Hall–Kier alpha value is -2.02. The van der Waals surface area contributed by atoms with Crippen LogP contribution in [-0.4, -0.2) is 68.8 Å². The zero-order valence-electron chi connectivity index (χ0n) is 25.9. The molecule has 9 heteroatoms. The average molecular weight is 612 g/mol. The van der Waals surface area contributed by atoms with Crippen molar-refractivity contribution in [2.45, 2.75) is 115 Å². The number of nitrogens with one attached hydrogen (secondary N) is 2. The first-order chi connectivity index (χ1) is 20.5. The topological polar surface area (TPSA) is 119 Å². The highest BCUT2D eigenvalue weighted by molar-refractivity contribution is 8.00. The number of nitrogens with zero attached hydrogens (tertiary/aromatic N) is 1. The molecule has 1 saturated heterocycles. The number of amides is 3. The minimum Gasteiger partial charge on any atom is -0.390 e. The van der Waals surface area contributed by atoms with Gasteiger partial charge in [0.15, 0.2) is 0 Å². The van der Waals surface area contributed by atoms with Crippen LogP contribution >= 0.6 is 11.8 Å². The third-order valence-electron chi connectivity index (χ3n) is 12.9. The van der Waals surface area contributed by atoms with E-state index in [4.69, 9.17) is 6.42 Å². The molecular formula is C34H49N3O5S.